The van der Waals surface area contributed by atoms with Gasteiger partial charge in [0.25, 0.3) is 0 Å². The van der Waals surface area contributed by atoms with Crippen molar-refractivity contribution in [3.8, 4) is 0 Å². The fraction of sp³-hybridized carbons (Fsp3) is 0.571. The van der Waals surface area contributed by atoms with Crippen molar-refractivity contribution in [3.05, 3.63) is 46.1 Å². The van der Waals surface area contributed by atoms with Gasteiger partial charge in [0.15, 0.2) is 5.78 Å². The van der Waals surface area contributed by atoms with E-state index in [2.05, 4.69) is 20.8 Å². The highest BCUT2D eigenvalue weighted by molar-refractivity contribution is 6.02. The van der Waals surface area contributed by atoms with Gasteiger partial charge in [-0.3, -0.25) is 4.79 Å². The first-order valence-corrected chi connectivity index (χ1v) is 8.96. The summed E-state index contributed by atoms with van der Waals surface area (Å²) in [5, 5.41) is 11.1. The number of hydrogen-bond acceptors (Lipinski definition) is 2. The van der Waals surface area contributed by atoms with Gasteiger partial charge < -0.3 is 5.11 Å². The molecule has 0 amide bonds. The third-order valence-electron chi connectivity index (χ3n) is 6.46. The summed E-state index contributed by atoms with van der Waals surface area (Å²) < 4.78 is 0. The summed E-state index contributed by atoms with van der Waals surface area (Å²) >= 11 is 0. The Labute approximate surface area is 138 Å². The molecule has 2 atom stereocenters. The molecule has 0 aromatic heterocycles. The molecular formula is C21H26O2. The quantitative estimate of drug-likeness (QED) is 0.719. The van der Waals surface area contributed by atoms with E-state index in [1.54, 1.807) is 17.7 Å². The van der Waals surface area contributed by atoms with Gasteiger partial charge in [0.2, 0.25) is 0 Å². The number of aliphatic hydroxyl groups is 1. The SMILES string of the molecule is CC1CCC2=C(CCCC2(C)C)C2=C1CC1(O)C=CC(=O)C=C21. The van der Waals surface area contributed by atoms with Crippen molar-refractivity contribution in [1.29, 1.82) is 0 Å². The molecular weight excluding hydrogens is 284 g/mol. The van der Waals surface area contributed by atoms with Gasteiger partial charge >= 0.3 is 0 Å². The van der Waals surface area contributed by atoms with E-state index in [0.717, 1.165) is 24.8 Å². The fourth-order valence-electron chi connectivity index (χ4n) is 5.11. The molecule has 23 heavy (non-hydrogen) atoms. The molecule has 0 aromatic carbocycles. The Morgan fingerprint density at radius 3 is 2.83 bits per heavy atom. The van der Waals surface area contributed by atoms with Crippen LogP contribution < -0.4 is 0 Å². The highest BCUT2D eigenvalue weighted by atomic mass is 16.3. The molecule has 0 aromatic rings. The Morgan fingerprint density at radius 2 is 2.04 bits per heavy atom. The van der Waals surface area contributed by atoms with E-state index in [9.17, 15) is 9.90 Å². The van der Waals surface area contributed by atoms with Crippen molar-refractivity contribution in [1.82, 2.24) is 0 Å². The van der Waals surface area contributed by atoms with Gasteiger partial charge in [-0.15, -0.1) is 0 Å². The minimum Gasteiger partial charge on any atom is -0.381 e. The zero-order valence-electron chi connectivity index (χ0n) is 14.4. The zero-order valence-corrected chi connectivity index (χ0v) is 14.4. The predicted molar refractivity (Wildman–Crippen MR) is 91.9 cm³/mol. The second-order valence-corrected chi connectivity index (χ2v) is 8.43. The Balaban J connectivity index is 1.94. The van der Waals surface area contributed by atoms with E-state index >= 15 is 0 Å². The second-order valence-electron chi connectivity index (χ2n) is 8.43. The molecule has 0 spiro atoms. The zero-order chi connectivity index (χ0) is 16.4. The molecule has 0 saturated carbocycles. The third-order valence-corrected chi connectivity index (χ3v) is 6.46. The summed E-state index contributed by atoms with van der Waals surface area (Å²) in [4.78, 5) is 12.0. The number of carbonyl (C=O) groups is 1. The topological polar surface area (TPSA) is 37.3 Å². The molecule has 4 aliphatic carbocycles. The summed E-state index contributed by atoms with van der Waals surface area (Å²) in [5.41, 5.74) is 5.81. The maximum Gasteiger partial charge on any atom is 0.178 e. The summed E-state index contributed by atoms with van der Waals surface area (Å²) in [7, 11) is 0. The minimum absolute atomic E-state index is 0.00699. The Hall–Kier alpha value is -1.41. The van der Waals surface area contributed by atoms with Crippen LogP contribution in [0, 0.1) is 11.3 Å². The number of allylic oxidation sites excluding steroid dienone is 4. The molecule has 2 unspecified atom stereocenters. The second kappa shape index (κ2) is 4.80. The summed E-state index contributed by atoms with van der Waals surface area (Å²) in [6.07, 6.45) is 11.4. The monoisotopic (exact) mass is 310 g/mol. The molecule has 4 aliphatic rings. The number of fused-ring (bicyclic) bond motifs is 3. The van der Waals surface area contributed by atoms with Crippen LogP contribution in [0.5, 0.6) is 0 Å². The lowest BCUT2D eigenvalue weighted by molar-refractivity contribution is -0.110. The first kappa shape index (κ1) is 15.1. The van der Waals surface area contributed by atoms with Gasteiger partial charge in [0.05, 0.1) is 0 Å². The average molecular weight is 310 g/mol. The van der Waals surface area contributed by atoms with Crippen molar-refractivity contribution in [2.75, 3.05) is 0 Å². The number of carbonyl (C=O) groups excluding carboxylic acids is 1. The van der Waals surface area contributed by atoms with E-state index in [4.69, 9.17) is 0 Å². The Morgan fingerprint density at radius 1 is 1.26 bits per heavy atom. The lowest BCUT2D eigenvalue weighted by atomic mass is 9.69. The molecule has 2 heteroatoms. The van der Waals surface area contributed by atoms with Crippen molar-refractivity contribution in [3.63, 3.8) is 0 Å². The molecule has 0 aliphatic heterocycles. The van der Waals surface area contributed by atoms with Gasteiger partial charge in [-0.2, -0.15) is 0 Å². The molecule has 1 N–H and O–H groups in total. The van der Waals surface area contributed by atoms with Crippen molar-refractivity contribution in [2.45, 2.75) is 64.9 Å². The summed E-state index contributed by atoms with van der Waals surface area (Å²) in [6.45, 7) is 7.01. The smallest absolute Gasteiger partial charge is 0.178 e. The van der Waals surface area contributed by atoms with E-state index in [1.807, 2.05) is 0 Å². The predicted octanol–water partition coefficient (Wildman–Crippen LogP) is 4.42. The highest BCUT2D eigenvalue weighted by Crippen LogP contribution is 2.56. The first-order chi connectivity index (χ1) is 10.8. The number of hydrogen-bond donors (Lipinski definition) is 1. The molecule has 2 nitrogen and oxygen atoms in total. The van der Waals surface area contributed by atoms with E-state index in [-0.39, 0.29) is 11.2 Å². The summed E-state index contributed by atoms with van der Waals surface area (Å²) in [5.74, 6) is 0.484. The largest absolute Gasteiger partial charge is 0.381 e. The van der Waals surface area contributed by atoms with E-state index in [1.165, 1.54) is 35.6 Å². The van der Waals surface area contributed by atoms with Crippen LogP contribution in [0.25, 0.3) is 0 Å². The Kier molecular flexibility index (Phi) is 3.16. The molecule has 0 bridgehead atoms. The molecule has 4 rings (SSSR count). The van der Waals surface area contributed by atoms with Gasteiger partial charge in [0.1, 0.15) is 5.60 Å². The van der Waals surface area contributed by atoms with Crippen LogP contribution in [0.4, 0.5) is 0 Å². The molecule has 0 radical (unpaired) electrons. The van der Waals surface area contributed by atoms with E-state index in [0.29, 0.717) is 12.3 Å². The van der Waals surface area contributed by atoms with Crippen LogP contribution in [0.15, 0.2) is 46.1 Å². The normalized spacial score (nSPS) is 35.6. The molecule has 122 valence electrons. The van der Waals surface area contributed by atoms with Crippen LogP contribution in [0.1, 0.15) is 59.3 Å². The third kappa shape index (κ3) is 2.15. The fourth-order valence-corrected chi connectivity index (χ4v) is 5.11. The standard InChI is InChI=1S/C21H26O2/c1-13-6-7-17-15(5-4-9-20(17,2)3)19-16(13)12-21(23)10-8-14(22)11-18(19)21/h8,10-11,13,23H,4-7,9,12H2,1-3H3. The number of rotatable bonds is 0. The van der Waals surface area contributed by atoms with Crippen molar-refractivity contribution >= 4 is 5.78 Å². The first-order valence-electron chi connectivity index (χ1n) is 8.96. The maximum atomic E-state index is 12.0. The van der Waals surface area contributed by atoms with Crippen LogP contribution >= 0.6 is 0 Å². The van der Waals surface area contributed by atoms with Crippen molar-refractivity contribution < 1.29 is 9.90 Å². The van der Waals surface area contributed by atoms with Gasteiger partial charge in [-0.25, -0.2) is 0 Å². The average Bonchev–Trinajstić information content (AvgIpc) is 2.70. The van der Waals surface area contributed by atoms with Crippen LogP contribution in [0.2, 0.25) is 0 Å². The van der Waals surface area contributed by atoms with Crippen LogP contribution in [-0.2, 0) is 4.79 Å². The lowest BCUT2D eigenvalue weighted by Gasteiger charge is -2.37. The van der Waals surface area contributed by atoms with E-state index < -0.39 is 5.60 Å². The lowest BCUT2D eigenvalue weighted by Crippen LogP contribution is -2.30. The highest BCUT2D eigenvalue weighted by Gasteiger charge is 2.46. The molecule has 0 fully saturated rings. The van der Waals surface area contributed by atoms with Gasteiger partial charge in [-0.05, 0) is 78.4 Å². The summed E-state index contributed by atoms with van der Waals surface area (Å²) in [6, 6.07) is 0. The number of ketones is 1. The van der Waals surface area contributed by atoms with Gasteiger partial charge in [0, 0.05) is 6.42 Å². The molecule has 0 heterocycles. The molecule has 0 saturated heterocycles. The van der Waals surface area contributed by atoms with Crippen LogP contribution in [-0.4, -0.2) is 16.5 Å². The van der Waals surface area contributed by atoms with Gasteiger partial charge in [-0.1, -0.05) is 31.9 Å². The minimum atomic E-state index is -0.954. The Bertz CT molecular complexity index is 714. The maximum absolute atomic E-state index is 12.0. The van der Waals surface area contributed by atoms with Crippen molar-refractivity contribution in [2.24, 2.45) is 11.3 Å². The van der Waals surface area contributed by atoms with Crippen LogP contribution in [0.3, 0.4) is 0 Å².